The van der Waals surface area contributed by atoms with Crippen LogP contribution < -0.4 is 10.6 Å². The second-order valence-electron chi connectivity index (χ2n) is 4.38. The molecule has 2 aromatic rings. The molecule has 0 radical (unpaired) electrons. The fourth-order valence-electron chi connectivity index (χ4n) is 1.76. The normalized spacial score (nSPS) is 11.9. The molecule has 0 aliphatic rings. The number of nitrogens with zero attached hydrogens (tertiary/aromatic N) is 2. The first kappa shape index (κ1) is 15.6. The Kier molecular flexibility index (Phi) is 5.40. The molecule has 0 aliphatic heterocycles. The summed E-state index contributed by atoms with van der Waals surface area (Å²) in [4.78, 5) is 24.3. The quantitative estimate of drug-likeness (QED) is 0.854. The highest BCUT2D eigenvalue weighted by atomic mass is 32.1. The average Bonchev–Trinajstić information content (AvgIpc) is 3.08. The molecule has 2 N–H and O–H groups in total. The van der Waals surface area contributed by atoms with Gasteiger partial charge in [0.15, 0.2) is 0 Å². The standard InChI is InChI=1S/C13H16N4O2S2/c1-3-12-16-17-13(21-12)15-11(19)7-9(14-8(2)18)10-5-4-6-20-10/h4-6,9H,3,7H2,1-2H3,(H,14,18)(H,15,17,19)/t9-/m1/s1. The Morgan fingerprint density at radius 3 is 2.76 bits per heavy atom. The van der Waals surface area contributed by atoms with Crippen LogP contribution >= 0.6 is 22.7 Å². The van der Waals surface area contributed by atoms with Crippen LogP contribution in [-0.2, 0) is 16.0 Å². The number of aryl methyl sites for hydroxylation is 1. The minimum absolute atomic E-state index is 0.162. The molecule has 8 heteroatoms. The zero-order valence-electron chi connectivity index (χ0n) is 11.8. The van der Waals surface area contributed by atoms with E-state index in [-0.39, 0.29) is 24.3 Å². The number of aromatic nitrogens is 2. The van der Waals surface area contributed by atoms with Gasteiger partial charge >= 0.3 is 0 Å². The highest BCUT2D eigenvalue weighted by Crippen LogP contribution is 2.23. The molecular weight excluding hydrogens is 308 g/mol. The Labute approximate surface area is 130 Å². The minimum Gasteiger partial charge on any atom is -0.348 e. The van der Waals surface area contributed by atoms with Gasteiger partial charge in [0.1, 0.15) is 5.01 Å². The number of nitrogens with one attached hydrogen (secondary N) is 2. The Hall–Kier alpha value is -1.80. The summed E-state index contributed by atoms with van der Waals surface area (Å²) in [5, 5.41) is 16.7. The fourth-order valence-corrected chi connectivity index (χ4v) is 3.23. The van der Waals surface area contributed by atoms with Crippen molar-refractivity contribution in [2.45, 2.75) is 32.7 Å². The van der Waals surface area contributed by atoms with Gasteiger partial charge in [0, 0.05) is 11.8 Å². The summed E-state index contributed by atoms with van der Waals surface area (Å²) in [5.41, 5.74) is 0. The number of carbonyl (C=O) groups excluding carboxylic acids is 2. The predicted octanol–water partition coefficient (Wildman–Crippen LogP) is 2.37. The molecule has 2 heterocycles. The van der Waals surface area contributed by atoms with E-state index in [1.807, 2.05) is 24.4 Å². The lowest BCUT2D eigenvalue weighted by atomic mass is 10.1. The zero-order valence-corrected chi connectivity index (χ0v) is 13.4. The average molecular weight is 324 g/mol. The van der Waals surface area contributed by atoms with Gasteiger partial charge in [-0.1, -0.05) is 24.3 Å². The van der Waals surface area contributed by atoms with E-state index in [1.54, 1.807) is 0 Å². The molecule has 0 aliphatic carbocycles. The zero-order chi connectivity index (χ0) is 15.2. The molecule has 0 unspecified atom stereocenters. The summed E-state index contributed by atoms with van der Waals surface area (Å²) in [5.74, 6) is -0.355. The van der Waals surface area contributed by atoms with E-state index in [0.717, 1.165) is 16.3 Å². The first-order valence-electron chi connectivity index (χ1n) is 6.51. The molecule has 6 nitrogen and oxygen atoms in total. The van der Waals surface area contributed by atoms with Crippen LogP contribution in [0.3, 0.4) is 0 Å². The van der Waals surface area contributed by atoms with Gasteiger partial charge in [-0.25, -0.2) is 0 Å². The summed E-state index contributed by atoms with van der Waals surface area (Å²) < 4.78 is 0. The molecular formula is C13H16N4O2S2. The van der Waals surface area contributed by atoms with Crippen molar-refractivity contribution < 1.29 is 9.59 Å². The molecule has 0 bridgehead atoms. The number of anilines is 1. The fraction of sp³-hybridized carbons (Fsp3) is 0.385. The lowest BCUT2D eigenvalue weighted by Crippen LogP contribution is -2.29. The topological polar surface area (TPSA) is 84.0 Å². The first-order valence-corrected chi connectivity index (χ1v) is 8.20. The van der Waals surface area contributed by atoms with Gasteiger partial charge in [-0.2, -0.15) is 0 Å². The number of thiophene rings is 1. The number of hydrogen-bond acceptors (Lipinski definition) is 6. The number of rotatable bonds is 6. The van der Waals surface area contributed by atoms with Gasteiger partial charge in [0.2, 0.25) is 16.9 Å². The second kappa shape index (κ2) is 7.28. The van der Waals surface area contributed by atoms with Gasteiger partial charge in [-0.05, 0) is 17.9 Å². The van der Waals surface area contributed by atoms with Crippen molar-refractivity contribution in [3.05, 3.63) is 27.4 Å². The summed E-state index contributed by atoms with van der Waals surface area (Å²) in [6, 6.07) is 3.48. The van der Waals surface area contributed by atoms with E-state index in [4.69, 9.17) is 0 Å². The molecule has 0 saturated heterocycles. The van der Waals surface area contributed by atoms with E-state index in [0.29, 0.717) is 5.13 Å². The summed E-state index contributed by atoms with van der Waals surface area (Å²) >= 11 is 2.87. The Bertz CT molecular complexity index is 609. The molecule has 0 saturated carbocycles. The monoisotopic (exact) mass is 324 g/mol. The van der Waals surface area contributed by atoms with Gasteiger partial charge in [0.25, 0.3) is 0 Å². The maximum Gasteiger partial charge on any atom is 0.228 e. The highest BCUT2D eigenvalue weighted by molar-refractivity contribution is 7.15. The molecule has 0 aromatic carbocycles. The lowest BCUT2D eigenvalue weighted by molar-refractivity contribution is -0.120. The maximum atomic E-state index is 12.1. The number of hydrogen-bond donors (Lipinski definition) is 2. The van der Waals surface area contributed by atoms with E-state index in [1.165, 1.54) is 29.6 Å². The highest BCUT2D eigenvalue weighted by Gasteiger charge is 2.19. The van der Waals surface area contributed by atoms with Gasteiger partial charge in [0.05, 0.1) is 12.5 Å². The third-order valence-electron chi connectivity index (χ3n) is 2.67. The SMILES string of the molecule is CCc1nnc(NC(=O)C[C@@H](NC(C)=O)c2cccs2)s1. The Balaban J connectivity index is 1.99. The summed E-state index contributed by atoms with van der Waals surface area (Å²) in [6.45, 7) is 3.42. The van der Waals surface area contributed by atoms with E-state index in [2.05, 4.69) is 20.8 Å². The number of carbonyl (C=O) groups is 2. The first-order chi connectivity index (χ1) is 10.1. The summed E-state index contributed by atoms with van der Waals surface area (Å²) in [6.07, 6.45) is 0.957. The van der Waals surface area contributed by atoms with Gasteiger partial charge < -0.3 is 10.6 Å². The summed E-state index contributed by atoms with van der Waals surface area (Å²) in [7, 11) is 0. The van der Waals surface area contributed by atoms with Crippen LogP contribution in [0.15, 0.2) is 17.5 Å². The van der Waals surface area contributed by atoms with Crippen LogP contribution in [0.25, 0.3) is 0 Å². The smallest absolute Gasteiger partial charge is 0.228 e. The second-order valence-corrected chi connectivity index (χ2v) is 6.42. The van der Waals surface area contributed by atoms with Crippen molar-refractivity contribution in [3.63, 3.8) is 0 Å². The van der Waals surface area contributed by atoms with Crippen molar-refractivity contribution >= 4 is 39.6 Å². The third kappa shape index (κ3) is 4.61. The molecule has 0 fully saturated rings. The maximum absolute atomic E-state index is 12.1. The van der Waals surface area contributed by atoms with Crippen molar-refractivity contribution in [1.29, 1.82) is 0 Å². The Morgan fingerprint density at radius 2 is 2.19 bits per heavy atom. The van der Waals surface area contributed by atoms with Crippen LogP contribution in [0.5, 0.6) is 0 Å². The van der Waals surface area contributed by atoms with Crippen molar-refractivity contribution in [3.8, 4) is 0 Å². The largest absolute Gasteiger partial charge is 0.348 e. The van der Waals surface area contributed by atoms with Crippen LogP contribution in [0.2, 0.25) is 0 Å². The third-order valence-corrected chi connectivity index (χ3v) is 4.64. The van der Waals surface area contributed by atoms with Crippen molar-refractivity contribution in [2.24, 2.45) is 0 Å². The minimum atomic E-state index is -0.318. The molecule has 1 atom stereocenters. The molecule has 2 aromatic heterocycles. The molecule has 2 rings (SSSR count). The molecule has 112 valence electrons. The van der Waals surface area contributed by atoms with Crippen molar-refractivity contribution in [2.75, 3.05) is 5.32 Å². The molecule has 21 heavy (non-hydrogen) atoms. The Morgan fingerprint density at radius 1 is 1.38 bits per heavy atom. The van der Waals surface area contributed by atoms with E-state index >= 15 is 0 Å². The van der Waals surface area contributed by atoms with E-state index in [9.17, 15) is 9.59 Å². The predicted molar refractivity (Wildman–Crippen MR) is 83.4 cm³/mol. The van der Waals surface area contributed by atoms with Crippen LogP contribution in [0.1, 0.15) is 36.2 Å². The number of amides is 2. The van der Waals surface area contributed by atoms with Gasteiger partial charge in [-0.15, -0.1) is 21.5 Å². The van der Waals surface area contributed by atoms with Crippen molar-refractivity contribution in [1.82, 2.24) is 15.5 Å². The van der Waals surface area contributed by atoms with E-state index < -0.39 is 0 Å². The molecule has 0 spiro atoms. The van der Waals surface area contributed by atoms with Gasteiger partial charge in [-0.3, -0.25) is 9.59 Å². The lowest BCUT2D eigenvalue weighted by Gasteiger charge is -2.15. The van der Waals surface area contributed by atoms with Crippen LogP contribution in [-0.4, -0.2) is 22.0 Å². The van der Waals surface area contributed by atoms with Crippen LogP contribution in [0, 0.1) is 0 Å². The van der Waals surface area contributed by atoms with Crippen LogP contribution in [0.4, 0.5) is 5.13 Å². The molecule has 2 amide bonds.